The molecule has 2 aliphatic rings. The Bertz CT molecular complexity index is 940. The smallest absolute Gasteiger partial charge is 0.407 e. The highest BCUT2D eigenvalue weighted by atomic mass is 16.4. The third-order valence-electron chi connectivity index (χ3n) is 6.21. The standard InChI is InChI=1S/C24H30N4O3/c1-3-23(29)28-16(2)12-21(20-6-4-5-7-22(20)28)26-19-10-8-18(9-11-19)25-13-17-14-27(15-17)24(30)31/h4-11,16-17,21,25-26H,3,12-15H2,1-2H3,(H,30,31)/t16-,21+/m0/s1. The maximum absolute atomic E-state index is 12.5. The topological polar surface area (TPSA) is 84.9 Å². The van der Waals surface area contributed by atoms with Crippen molar-refractivity contribution in [3.8, 4) is 0 Å². The minimum atomic E-state index is -0.840. The predicted molar refractivity (Wildman–Crippen MR) is 123 cm³/mol. The molecule has 4 rings (SSSR count). The van der Waals surface area contributed by atoms with Crippen LogP contribution in [0.4, 0.5) is 21.9 Å². The number of anilines is 3. The molecule has 31 heavy (non-hydrogen) atoms. The first-order chi connectivity index (χ1) is 15.0. The third kappa shape index (κ3) is 4.45. The molecule has 2 atom stereocenters. The second-order valence-electron chi connectivity index (χ2n) is 8.47. The summed E-state index contributed by atoms with van der Waals surface area (Å²) in [4.78, 5) is 26.7. The number of likely N-dealkylation sites (tertiary alicyclic amines) is 1. The van der Waals surface area contributed by atoms with Gasteiger partial charge < -0.3 is 25.5 Å². The highest BCUT2D eigenvalue weighted by molar-refractivity contribution is 5.95. The van der Waals surface area contributed by atoms with E-state index >= 15 is 0 Å². The van der Waals surface area contributed by atoms with Gasteiger partial charge in [0.15, 0.2) is 0 Å². The molecule has 3 N–H and O–H groups in total. The molecule has 0 saturated carbocycles. The molecule has 164 valence electrons. The van der Waals surface area contributed by atoms with Crippen LogP contribution >= 0.6 is 0 Å². The van der Waals surface area contributed by atoms with E-state index < -0.39 is 6.09 Å². The molecule has 7 nitrogen and oxygen atoms in total. The number of benzene rings is 2. The molecule has 2 heterocycles. The molecule has 0 radical (unpaired) electrons. The first kappa shape index (κ1) is 21.0. The predicted octanol–water partition coefficient (Wildman–Crippen LogP) is 4.40. The number of carbonyl (C=O) groups is 2. The molecule has 2 aromatic carbocycles. The summed E-state index contributed by atoms with van der Waals surface area (Å²) in [6, 6.07) is 16.6. The van der Waals surface area contributed by atoms with Crippen LogP contribution in [0.3, 0.4) is 0 Å². The lowest BCUT2D eigenvalue weighted by Crippen LogP contribution is -2.51. The number of nitrogens with one attached hydrogen (secondary N) is 2. The van der Waals surface area contributed by atoms with E-state index in [-0.39, 0.29) is 18.0 Å². The Morgan fingerprint density at radius 3 is 2.42 bits per heavy atom. The summed E-state index contributed by atoms with van der Waals surface area (Å²) in [5.74, 6) is 0.523. The van der Waals surface area contributed by atoms with E-state index in [1.54, 1.807) is 0 Å². The monoisotopic (exact) mass is 422 g/mol. The van der Waals surface area contributed by atoms with E-state index in [1.165, 1.54) is 4.90 Å². The lowest BCUT2D eigenvalue weighted by atomic mass is 9.91. The van der Waals surface area contributed by atoms with Crippen LogP contribution < -0.4 is 15.5 Å². The number of fused-ring (bicyclic) bond motifs is 1. The first-order valence-electron chi connectivity index (χ1n) is 11.0. The van der Waals surface area contributed by atoms with E-state index in [2.05, 4.69) is 35.8 Å². The second-order valence-corrected chi connectivity index (χ2v) is 8.47. The second kappa shape index (κ2) is 8.88. The first-order valence-corrected chi connectivity index (χ1v) is 11.0. The Balaban J connectivity index is 1.39. The van der Waals surface area contributed by atoms with Crippen LogP contribution in [0.5, 0.6) is 0 Å². The van der Waals surface area contributed by atoms with Gasteiger partial charge in [-0.2, -0.15) is 0 Å². The van der Waals surface area contributed by atoms with E-state index in [0.29, 0.717) is 25.4 Å². The van der Waals surface area contributed by atoms with Gasteiger partial charge in [-0.1, -0.05) is 25.1 Å². The third-order valence-corrected chi connectivity index (χ3v) is 6.21. The van der Waals surface area contributed by atoms with Gasteiger partial charge in [-0.15, -0.1) is 0 Å². The van der Waals surface area contributed by atoms with Crippen LogP contribution in [-0.4, -0.2) is 47.7 Å². The van der Waals surface area contributed by atoms with E-state index in [0.717, 1.165) is 35.6 Å². The average Bonchev–Trinajstić information content (AvgIpc) is 2.73. The molecule has 0 spiro atoms. The fourth-order valence-electron chi connectivity index (χ4n) is 4.50. The fourth-order valence-corrected chi connectivity index (χ4v) is 4.50. The number of carbonyl (C=O) groups excluding carboxylic acids is 1. The van der Waals surface area contributed by atoms with Gasteiger partial charge in [-0.3, -0.25) is 4.79 Å². The molecular formula is C24H30N4O3. The molecule has 0 bridgehead atoms. The quantitative estimate of drug-likeness (QED) is 0.643. The van der Waals surface area contributed by atoms with Crippen LogP contribution in [0.2, 0.25) is 0 Å². The molecule has 2 aromatic rings. The Morgan fingerprint density at radius 2 is 1.74 bits per heavy atom. The zero-order valence-corrected chi connectivity index (χ0v) is 18.0. The van der Waals surface area contributed by atoms with Crippen molar-refractivity contribution in [2.45, 2.75) is 38.8 Å². The number of rotatable bonds is 6. The minimum absolute atomic E-state index is 0.133. The molecule has 7 heteroatoms. The maximum Gasteiger partial charge on any atom is 0.407 e. The van der Waals surface area contributed by atoms with Crippen molar-refractivity contribution >= 4 is 29.1 Å². The van der Waals surface area contributed by atoms with Crippen molar-refractivity contribution in [1.82, 2.24) is 4.90 Å². The molecule has 2 aliphatic heterocycles. The largest absolute Gasteiger partial charge is 0.465 e. The Hall–Kier alpha value is -3.22. The van der Waals surface area contributed by atoms with Crippen LogP contribution in [0, 0.1) is 5.92 Å². The summed E-state index contributed by atoms with van der Waals surface area (Å²) < 4.78 is 0. The lowest BCUT2D eigenvalue weighted by Gasteiger charge is -2.40. The van der Waals surface area contributed by atoms with E-state index in [9.17, 15) is 9.59 Å². The van der Waals surface area contributed by atoms with Crippen LogP contribution in [-0.2, 0) is 4.79 Å². The summed E-state index contributed by atoms with van der Waals surface area (Å²) >= 11 is 0. The van der Waals surface area contributed by atoms with Crippen molar-refractivity contribution in [2.75, 3.05) is 35.2 Å². The Kier molecular flexibility index (Phi) is 6.02. The Labute approximate surface area is 183 Å². The van der Waals surface area contributed by atoms with Crippen LogP contribution in [0.25, 0.3) is 0 Å². The van der Waals surface area contributed by atoms with E-state index in [1.807, 2.05) is 42.2 Å². The number of amides is 2. The number of hydrogen-bond donors (Lipinski definition) is 3. The normalized spacial score (nSPS) is 20.6. The summed E-state index contributed by atoms with van der Waals surface area (Å²) in [5.41, 5.74) is 4.21. The number of nitrogens with zero attached hydrogens (tertiary/aromatic N) is 2. The minimum Gasteiger partial charge on any atom is -0.465 e. The van der Waals surface area contributed by atoms with Gasteiger partial charge in [0.25, 0.3) is 0 Å². The zero-order chi connectivity index (χ0) is 22.0. The summed E-state index contributed by atoms with van der Waals surface area (Å²) in [5, 5.41) is 15.9. The van der Waals surface area contributed by atoms with Crippen molar-refractivity contribution < 1.29 is 14.7 Å². The summed E-state index contributed by atoms with van der Waals surface area (Å²) in [7, 11) is 0. The zero-order valence-electron chi connectivity index (χ0n) is 18.0. The Morgan fingerprint density at radius 1 is 1.06 bits per heavy atom. The van der Waals surface area contributed by atoms with Gasteiger partial charge in [0.1, 0.15) is 0 Å². The van der Waals surface area contributed by atoms with Gasteiger partial charge in [-0.25, -0.2) is 4.79 Å². The highest BCUT2D eigenvalue weighted by Gasteiger charge is 2.33. The fraction of sp³-hybridized carbons (Fsp3) is 0.417. The number of carboxylic acid groups (broad SMARTS) is 1. The molecule has 0 aliphatic carbocycles. The molecule has 0 aromatic heterocycles. The van der Waals surface area contributed by atoms with Gasteiger partial charge in [0, 0.05) is 55.1 Å². The van der Waals surface area contributed by atoms with Crippen molar-refractivity contribution in [3.05, 3.63) is 54.1 Å². The number of hydrogen-bond acceptors (Lipinski definition) is 4. The molecular weight excluding hydrogens is 392 g/mol. The van der Waals surface area contributed by atoms with Gasteiger partial charge in [0.05, 0.1) is 6.04 Å². The van der Waals surface area contributed by atoms with Crippen molar-refractivity contribution in [3.63, 3.8) is 0 Å². The molecule has 1 fully saturated rings. The summed E-state index contributed by atoms with van der Waals surface area (Å²) in [6.07, 6.45) is 0.512. The lowest BCUT2D eigenvalue weighted by molar-refractivity contribution is -0.118. The van der Waals surface area contributed by atoms with Crippen molar-refractivity contribution in [1.29, 1.82) is 0 Å². The molecule has 1 saturated heterocycles. The van der Waals surface area contributed by atoms with Gasteiger partial charge in [-0.05, 0) is 49.2 Å². The maximum atomic E-state index is 12.5. The molecule has 2 amide bonds. The van der Waals surface area contributed by atoms with Crippen LogP contribution in [0.15, 0.2) is 48.5 Å². The summed E-state index contributed by atoms with van der Waals surface area (Å²) in [6.45, 7) is 5.98. The van der Waals surface area contributed by atoms with E-state index in [4.69, 9.17) is 5.11 Å². The molecule has 0 unspecified atom stereocenters. The van der Waals surface area contributed by atoms with Gasteiger partial charge >= 0.3 is 6.09 Å². The SMILES string of the molecule is CCC(=O)N1c2ccccc2[C@H](Nc2ccc(NCC3CN(C(=O)O)C3)cc2)C[C@@H]1C. The average molecular weight is 423 g/mol. The highest BCUT2D eigenvalue weighted by Crippen LogP contribution is 2.39. The van der Waals surface area contributed by atoms with Crippen molar-refractivity contribution in [2.24, 2.45) is 5.92 Å². The van der Waals surface area contributed by atoms with Gasteiger partial charge in [0.2, 0.25) is 5.91 Å². The van der Waals surface area contributed by atoms with Crippen LogP contribution in [0.1, 0.15) is 38.3 Å². The number of para-hydroxylation sites is 1.